The minimum absolute atomic E-state index is 0.0429. The van der Waals surface area contributed by atoms with Crippen LogP contribution in [0.3, 0.4) is 0 Å². The number of ether oxygens (including phenoxy) is 1. The molecule has 2 aromatic rings. The molecule has 0 aliphatic rings. The second-order valence-electron chi connectivity index (χ2n) is 5.50. The van der Waals surface area contributed by atoms with E-state index in [-0.39, 0.29) is 12.0 Å². The van der Waals surface area contributed by atoms with Gasteiger partial charge in [0.25, 0.3) is 0 Å². The topological polar surface area (TPSA) is 76.4 Å². The highest BCUT2D eigenvalue weighted by Crippen LogP contribution is 2.28. The van der Waals surface area contributed by atoms with Gasteiger partial charge in [0.15, 0.2) is 0 Å². The quantitative estimate of drug-likeness (QED) is 0.837. The molecule has 0 saturated carbocycles. The fourth-order valence-electron chi connectivity index (χ4n) is 1.91. The van der Waals surface area contributed by atoms with Crippen molar-refractivity contribution in [3.05, 3.63) is 35.0 Å². The van der Waals surface area contributed by atoms with Crippen LogP contribution in [0.1, 0.15) is 26.5 Å². The molecule has 2 N–H and O–H groups in total. The third-order valence-corrected chi connectivity index (χ3v) is 3.24. The average Bonchev–Trinajstić information content (AvgIpc) is 2.86. The number of halogens is 1. The Kier molecular flexibility index (Phi) is 5.50. The van der Waals surface area contributed by atoms with Crippen molar-refractivity contribution in [2.24, 2.45) is 0 Å². The van der Waals surface area contributed by atoms with Crippen LogP contribution in [0.4, 0.5) is 11.6 Å². The number of nitrogens with one attached hydrogen (secondary N) is 2. The highest BCUT2D eigenvalue weighted by Gasteiger charge is 2.15. The lowest BCUT2D eigenvalue weighted by Crippen LogP contribution is -2.31. The van der Waals surface area contributed by atoms with Gasteiger partial charge in [0.05, 0.1) is 16.8 Å². The molecule has 1 aromatic carbocycles. The van der Waals surface area contributed by atoms with E-state index in [4.69, 9.17) is 20.9 Å². The summed E-state index contributed by atoms with van der Waals surface area (Å²) < 4.78 is 10.5. The van der Waals surface area contributed by atoms with Gasteiger partial charge in [-0.2, -0.15) is 0 Å². The second kappa shape index (κ2) is 7.37. The third-order valence-electron chi connectivity index (χ3n) is 2.95. The summed E-state index contributed by atoms with van der Waals surface area (Å²) >= 11 is 6.18. The molecule has 0 spiro atoms. The molecule has 0 aliphatic heterocycles. The summed E-state index contributed by atoms with van der Waals surface area (Å²) in [6, 6.07) is 6.48. The standard InChI is InChI=1S/C16H20ClN3O3/c1-9(2)22-14-6-5-12(8-13(14)17)18-11(4)16(21)19-15-7-10(3)20-23-15/h5-9,11,18H,1-4H3,(H,19,21)/t11-/m1/s1. The van der Waals surface area contributed by atoms with Crippen LogP contribution in [0.2, 0.25) is 5.02 Å². The van der Waals surface area contributed by atoms with Crippen molar-refractivity contribution >= 4 is 29.1 Å². The highest BCUT2D eigenvalue weighted by molar-refractivity contribution is 6.32. The number of nitrogens with zero attached hydrogens (tertiary/aromatic N) is 1. The van der Waals surface area contributed by atoms with Gasteiger partial charge >= 0.3 is 0 Å². The van der Waals surface area contributed by atoms with Gasteiger partial charge in [-0.05, 0) is 45.9 Å². The van der Waals surface area contributed by atoms with Gasteiger partial charge in [-0.15, -0.1) is 0 Å². The van der Waals surface area contributed by atoms with Crippen LogP contribution in [0.15, 0.2) is 28.8 Å². The van der Waals surface area contributed by atoms with E-state index in [0.717, 1.165) is 5.69 Å². The number of hydrogen-bond donors (Lipinski definition) is 2. The predicted molar refractivity (Wildman–Crippen MR) is 90.2 cm³/mol. The van der Waals surface area contributed by atoms with Crippen molar-refractivity contribution in [1.29, 1.82) is 0 Å². The normalized spacial score (nSPS) is 12.1. The first-order valence-electron chi connectivity index (χ1n) is 7.32. The molecule has 124 valence electrons. The van der Waals surface area contributed by atoms with Crippen molar-refractivity contribution in [2.45, 2.75) is 39.8 Å². The fraction of sp³-hybridized carbons (Fsp3) is 0.375. The molecular weight excluding hydrogens is 318 g/mol. The summed E-state index contributed by atoms with van der Waals surface area (Å²) in [5.74, 6) is 0.695. The van der Waals surface area contributed by atoms with Crippen LogP contribution in [0.5, 0.6) is 5.75 Å². The van der Waals surface area contributed by atoms with Crippen LogP contribution in [0.25, 0.3) is 0 Å². The van der Waals surface area contributed by atoms with E-state index in [1.807, 2.05) is 19.9 Å². The molecule has 2 rings (SSSR count). The smallest absolute Gasteiger partial charge is 0.248 e. The zero-order chi connectivity index (χ0) is 17.0. The molecule has 1 atom stereocenters. The molecule has 0 fully saturated rings. The number of rotatable bonds is 6. The van der Waals surface area contributed by atoms with E-state index in [1.165, 1.54) is 0 Å². The summed E-state index contributed by atoms with van der Waals surface area (Å²) in [5.41, 5.74) is 1.43. The first kappa shape index (κ1) is 17.1. The zero-order valence-electron chi connectivity index (χ0n) is 13.5. The van der Waals surface area contributed by atoms with Gasteiger partial charge in [0.1, 0.15) is 11.8 Å². The fourth-order valence-corrected chi connectivity index (χ4v) is 2.13. The number of carbonyl (C=O) groups excluding carboxylic acids is 1. The van der Waals surface area contributed by atoms with E-state index in [9.17, 15) is 4.79 Å². The van der Waals surface area contributed by atoms with E-state index in [0.29, 0.717) is 22.4 Å². The Morgan fingerprint density at radius 1 is 1.30 bits per heavy atom. The van der Waals surface area contributed by atoms with Gasteiger partial charge in [-0.3, -0.25) is 10.1 Å². The van der Waals surface area contributed by atoms with Crippen molar-refractivity contribution in [1.82, 2.24) is 5.16 Å². The maximum Gasteiger partial charge on any atom is 0.248 e. The molecule has 0 unspecified atom stereocenters. The van der Waals surface area contributed by atoms with Gasteiger partial charge in [-0.1, -0.05) is 16.8 Å². The van der Waals surface area contributed by atoms with Crippen molar-refractivity contribution in [2.75, 3.05) is 10.6 Å². The van der Waals surface area contributed by atoms with Gasteiger partial charge < -0.3 is 14.6 Å². The van der Waals surface area contributed by atoms with Crippen LogP contribution < -0.4 is 15.4 Å². The van der Waals surface area contributed by atoms with Crippen LogP contribution in [-0.4, -0.2) is 23.2 Å². The minimum Gasteiger partial charge on any atom is -0.489 e. The lowest BCUT2D eigenvalue weighted by molar-refractivity contribution is -0.116. The monoisotopic (exact) mass is 337 g/mol. The lowest BCUT2D eigenvalue weighted by atomic mass is 10.2. The minimum atomic E-state index is -0.478. The Balaban J connectivity index is 1.97. The number of benzene rings is 1. The summed E-state index contributed by atoms with van der Waals surface area (Å²) in [7, 11) is 0. The summed E-state index contributed by atoms with van der Waals surface area (Å²) in [4.78, 5) is 12.1. The molecule has 1 aromatic heterocycles. The Hall–Kier alpha value is -2.21. The number of carbonyl (C=O) groups is 1. The molecule has 7 heteroatoms. The van der Waals surface area contributed by atoms with Crippen LogP contribution in [-0.2, 0) is 4.79 Å². The van der Waals surface area contributed by atoms with Gasteiger partial charge in [0, 0.05) is 11.8 Å². The number of amides is 1. The van der Waals surface area contributed by atoms with Gasteiger partial charge in [0.2, 0.25) is 11.8 Å². The average molecular weight is 338 g/mol. The van der Waals surface area contributed by atoms with E-state index in [1.54, 1.807) is 32.0 Å². The molecule has 0 saturated heterocycles. The van der Waals surface area contributed by atoms with Gasteiger partial charge in [-0.25, -0.2) is 0 Å². The molecule has 0 bridgehead atoms. The largest absolute Gasteiger partial charge is 0.489 e. The van der Waals surface area contributed by atoms with Crippen LogP contribution in [0, 0.1) is 6.92 Å². The Morgan fingerprint density at radius 3 is 2.61 bits per heavy atom. The van der Waals surface area contributed by atoms with E-state index in [2.05, 4.69) is 15.8 Å². The van der Waals surface area contributed by atoms with Crippen molar-refractivity contribution < 1.29 is 14.1 Å². The number of hydrogen-bond acceptors (Lipinski definition) is 5. The molecule has 6 nitrogen and oxygen atoms in total. The number of aryl methyl sites for hydroxylation is 1. The van der Waals surface area contributed by atoms with Crippen LogP contribution >= 0.6 is 11.6 Å². The maximum absolute atomic E-state index is 12.1. The summed E-state index contributed by atoms with van der Waals surface area (Å²) in [6.45, 7) is 7.38. The predicted octanol–water partition coefficient (Wildman–Crippen LogP) is 3.86. The van der Waals surface area contributed by atoms with Crippen molar-refractivity contribution in [3.63, 3.8) is 0 Å². The second-order valence-corrected chi connectivity index (χ2v) is 5.91. The first-order chi connectivity index (χ1) is 10.8. The first-order valence-corrected chi connectivity index (χ1v) is 7.70. The molecular formula is C16H20ClN3O3. The number of anilines is 2. The number of aromatic nitrogens is 1. The Labute approximate surface area is 140 Å². The molecule has 0 radical (unpaired) electrons. The Morgan fingerprint density at radius 2 is 2.04 bits per heavy atom. The maximum atomic E-state index is 12.1. The SMILES string of the molecule is Cc1cc(NC(=O)[C@@H](C)Nc2ccc(OC(C)C)c(Cl)c2)on1. The zero-order valence-corrected chi connectivity index (χ0v) is 14.3. The molecule has 1 amide bonds. The highest BCUT2D eigenvalue weighted by atomic mass is 35.5. The summed E-state index contributed by atoms with van der Waals surface area (Å²) in [6.07, 6.45) is 0.0429. The van der Waals surface area contributed by atoms with Crippen molar-refractivity contribution in [3.8, 4) is 5.75 Å². The third kappa shape index (κ3) is 4.89. The molecule has 0 aliphatic carbocycles. The lowest BCUT2D eigenvalue weighted by Gasteiger charge is -2.16. The molecule has 23 heavy (non-hydrogen) atoms. The summed E-state index contributed by atoms with van der Waals surface area (Å²) in [5, 5.41) is 9.93. The van der Waals surface area contributed by atoms with E-state index >= 15 is 0 Å². The molecule has 1 heterocycles. The van der Waals surface area contributed by atoms with E-state index < -0.39 is 6.04 Å². The Bertz CT molecular complexity index is 685.